The van der Waals surface area contributed by atoms with Gasteiger partial charge in [0.25, 0.3) is 0 Å². The van der Waals surface area contributed by atoms with Gasteiger partial charge in [-0.3, -0.25) is 0 Å². The van der Waals surface area contributed by atoms with Crippen molar-refractivity contribution in [1.82, 2.24) is 4.57 Å². The number of benzene rings is 2. The molecule has 192 valence electrons. The Morgan fingerprint density at radius 2 is 1.69 bits per heavy atom. The number of aryl methyl sites for hydroxylation is 1. The third-order valence-corrected chi connectivity index (χ3v) is 7.84. The van der Waals surface area contributed by atoms with Gasteiger partial charge >= 0.3 is 6.36 Å². The Bertz CT molecular complexity index is 1500. The van der Waals surface area contributed by atoms with Gasteiger partial charge in [0.1, 0.15) is 5.75 Å². The van der Waals surface area contributed by atoms with Crippen LogP contribution in [0.5, 0.6) is 5.75 Å². The Kier molecular flexibility index (Phi) is 9.06. The lowest BCUT2D eigenvalue weighted by atomic mass is 10.1. The van der Waals surface area contributed by atoms with Gasteiger partial charge in [-0.1, -0.05) is 23.7 Å². The summed E-state index contributed by atoms with van der Waals surface area (Å²) in [5.74, 6) is -0.327. The molecule has 0 bridgehead atoms. The Morgan fingerprint density at radius 3 is 2.25 bits per heavy atom. The molecule has 2 N–H and O–H groups in total. The van der Waals surface area contributed by atoms with Crippen LogP contribution >= 0.6 is 51.3 Å². The van der Waals surface area contributed by atoms with E-state index in [-0.39, 0.29) is 27.6 Å². The van der Waals surface area contributed by atoms with Crippen molar-refractivity contribution in [2.75, 3.05) is 0 Å². The van der Waals surface area contributed by atoms with E-state index in [0.717, 1.165) is 16.1 Å². The summed E-state index contributed by atoms with van der Waals surface area (Å²) in [6, 6.07) is 15.3. The van der Waals surface area contributed by atoms with Gasteiger partial charge in [-0.2, -0.15) is 0 Å². The summed E-state index contributed by atoms with van der Waals surface area (Å²) in [4.78, 5) is 6.22. The van der Waals surface area contributed by atoms with Crippen molar-refractivity contribution in [3.63, 3.8) is 0 Å². The van der Waals surface area contributed by atoms with Gasteiger partial charge in [-0.25, -0.2) is 18.5 Å². The van der Waals surface area contributed by atoms with E-state index in [1.54, 1.807) is 18.2 Å². The van der Waals surface area contributed by atoms with Crippen LogP contribution in [0.4, 0.5) is 18.9 Å². The van der Waals surface area contributed by atoms with Crippen molar-refractivity contribution in [2.24, 2.45) is 10.1 Å². The van der Waals surface area contributed by atoms with Gasteiger partial charge in [-0.05, 0) is 60.5 Å². The number of primary sulfonamides is 1. The lowest BCUT2D eigenvalue weighted by Gasteiger charge is -2.09. The molecule has 0 atom stereocenters. The molecule has 0 unspecified atom stereocenters. The zero-order valence-corrected chi connectivity index (χ0v) is 23.0. The molecule has 4 rings (SSSR count). The Labute approximate surface area is 228 Å². The number of halogens is 5. The standard InChI is InChI=1S/C22H17ClF3N3O3S3.BrH/c23-20-10-9-19(34-20)18-13-33-21(28-15-3-5-16(6-4-15)32-22(24,25)26)29(18)12-11-14-1-7-17(8-2-14)35(27,30)31;/h1-10,13H,11-12H2,(H2,27,30,31);1H. The Hall–Kier alpha value is -2.16. The topological polar surface area (TPSA) is 86.7 Å². The van der Waals surface area contributed by atoms with Crippen LogP contribution in [0.15, 0.2) is 75.9 Å². The molecular formula is C22H18BrClF3N3O3S3. The zero-order valence-electron chi connectivity index (χ0n) is 18.1. The van der Waals surface area contributed by atoms with Crippen LogP contribution in [0, 0.1) is 0 Å². The molecule has 0 aliphatic rings. The summed E-state index contributed by atoms with van der Waals surface area (Å²) >= 11 is 8.92. The van der Waals surface area contributed by atoms with E-state index in [9.17, 15) is 21.6 Å². The molecule has 0 saturated carbocycles. The van der Waals surface area contributed by atoms with Crippen LogP contribution in [-0.4, -0.2) is 19.3 Å². The molecule has 0 aliphatic heterocycles. The fraction of sp³-hybridized carbons (Fsp3) is 0.136. The summed E-state index contributed by atoms with van der Waals surface area (Å²) in [5.41, 5.74) is 2.25. The highest BCUT2D eigenvalue weighted by Crippen LogP contribution is 2.32. The fourth-order valence-corrected chi connectivity index (χ4v) is 5.81. The minimum absolute atomic E-state index is 0. The van der Waals surface area contributed by atoms with Crippen LogP contribution < -0.4 is 14.7 Å². The average molecular weight is 641 g/mol. The van der Waals surface area contributed by atoms with E-state index in [0.29, 0.717) is 27.8 Å². The van der Waals surface area contributed by atoms with Gasteiger partial charge in [0, 0.05) is 11.9 Å². The molecule has 2 aromatic heterocycles. The summed E-state index contributed by atoms with van der Waals surface area (Å²) in [7, 11) is -3.77. The van der Waals surface area contributed by atoms with Crippen molar-refractivity contribution in [1.29, 1.82) is 0 Å². The maximum absolute atomic E-state index is 12.4. The highest BCUT2D eigenvalue weighted by molar-refractivity contribution is 8.93. The van der Waals surface area contributed by atoms with Crippen molar-refractivity contribution in [3.05, 3.63) is 80.7 Å². The number of nitrogens with zero attached hydrogens (tertiary/aromatic N) is 2. The SMILES string of the molecule is Br.NS(=O)(=O)c1ccc(CCn2c(-c3ccc(Cl)s3)csc2=Nc2ccc(OC(F)(F)F)cc2)cc1. The number of sulfonamides is 1. The zero-order chi connectivity index (χ0) is 25.2. The van der Waals surface area contributed by atoms with E-state index in [2.05, 4.69) is 9.73 Å². The summed E-state index contributed by atoms with van der Waals surface area (Å²) < 4.78 is 66.8. The van der Waals surface area contributed by atoms with E-state index in [1.807, 2.05) is 16.0 Å². The highest BCUT2D eigenvalue weighted by Gasteiger charge is 2.30. The number of ether oxygens (including phenoxy) is 1. The summed E-state index contributed by atoms with van der Waals surface area (Å²) in [6.07, 6.45) is -4.20. The predicted octanol–water partition coefficient (Wildman–Crippen LogP) is 6.53. The normalized spacial score (nSPS) is 12.4. The monoisotopic (exact) mass is 639 g/mol. The number of hydrogen-bond acceptors (Lipinski definition) is 6. The molecule has 0 amide bonds. The van der Waals surface area contributed by atoms with Gasteiger partial charge in [0.2, 0.25) is 10.0 Å². The molecule has 0 saturated heterocycles. The van der Waals surface area contributed by atoms with Crippen molar-refractivity contribution < 1.29 is 26.3 Å². The smallest absolute Gasteiger partial charge is 0.406 e. The molecule has 36 heavy (non-hydrogen) atoms. The minimum atomic E-state index is -4.77. The van der Waals surface area contributed by atoms with E-state index in [4.69, 9.17) is 16.7 Å². The predicted molar refractivity (Wildman–Crippen MR) is 141 cm³/mol. The number of hydrogen-bond donors (Lipinski definition) is 1. The number of rotatable bonds is 7. The molecule has 6 nitrogen and oxygen atoms in total. The quantitative estimate of drug-likeness (QED) is 0.249. The number of alkyl halides is 3. The van der Waals surface area contributed by atoms with E-state index >= 15 is 0 Å². The van der Waals surface area contributed by atoms with Gasteiger partial charge in [-0.15, -0.1) is 52.8 Å². The van der Waals surface area contributed by atoms with Crippen LogP contribution in [0.2, 0.25) is 4.34 Å². The second-order valence-corrected chi connectivity index (χ2v) is 11.4. The highest BCUT2D eigenvalue weighted by atomic mass is 79.9. The first-order chi connectivity index (χ1) is 16.5. The molecule has 4 aromatic rings. The molecule has 0 spiro atoms. The lowest BCUT2D eigenvalue weighted by molar-refractivity contribution is -0.274. The lowest BCUT2D eigenvalue weighted by Crippen LogP contribution is -2.17. The van der Waals surface area contributed by atoms with E-state index in [1.165, 1.54) is 59.1 Å². The average Bonchev–Trinajstić information content (AvgIpc) is 3.38. The second-order valence-electron chi connectivity index (χ2n) is 7.25. The largest absolute Gasteiger partial charge is 0.573 e. The maximum atomic E-state index is 12.4. The third kappa shape index (κ3) is 7.43. The van der Waals surface area contributed by atoms with Gasteiger partial charge in [0.15, 0.2) is 4.80 Å². The summed E-state index contributed by atoms with van der Waals surface area (Å²) in [6.45, 7) is 0.511. The summed E-state index contributed by atoms with van der Waals surface area (Å²) in [5, 5.41) is 7.10. The minimum Gasteiger partial charge on any atom is -0.406 e. The number of thiazole rings is 1. The Balaban J connectivity index is 0.00000361. The van der Waals surface area contributed by atoms with Crippen LogP contribution in [0.3, 0.4) is 0 Å². The fourth-order valence-electron chi connectivity index (χ4n) is 3.20. The molecule has 0 aliphatic carbocycles. The second kappa shape index (κ2) is 11.5. The third-order valence-electron chi connectivity index (χ3n) is 4.79. The maximum Gasteiger partial charge on any atom is 0.573 e. The van der Waals surface area contributed by atoms with E-state index < -0.39 is 16.4 Å². The van der Waals surface area contributed by atoms with Crippen molar-refractivity contribution in [2.45, 2.75) is 24.2 Å². The van der Waals surface area contributed by atoms with Crippen molar-refractivity contribution >= 4 is 67.0 Å². The first-order valence-electron chi connectivity index (χ1n) is 9.94. The molecule has 14 heteroatoms. The molecule has 2 heterocycles. The molecular weight excluding hydrogens is 623 g/mol. The van der Waals surface area contributed by atoms with Crippen LogP contribution in [0.1, 0.15) is 5.56 Å². The molecule has 2 aromatic carbocycles. The van der Waals surface area contributed by atoms with Crippen molar-refractivity contribution in [3.8, 4) is 16.3 Å². The Morgan fingerprint density at radius 1 is 1.03 bits per heavy atom. The molecule has 0 radical (unpaired) electrons. The van der Waals surface area contributed by atoms with Crippen LogP contribution in [0.25, 0.3) is 10.6 Å². The molecule has 0 fully saturated rings. The number of nitrogens with two attached hydrogens (primary N) is 1. The van der Waals surface area contributed by atoms with Crippen LogP contribution in [-0.2, 0) is 23.0 Å². The number of thiophene rings is 1. The number of aromatic nitrogens is 1. The van der Waals surface area contributed by atoms with Gasteiger partial charge < -0.3 is 9.30 Å². The first kappa shape index (κ1) is 28.4. The first-order valence-corrected chi connectivity index (χ1v) is 13.6. The van der Waals surface area contributed by atoms with Gasteiger partial charge in [0.05, 0.1) is 25.5 Å².